The molecule has 3 rings (SSSR count). The van der Waals surface area contributed by atoms with E-state index in [1.165, 1.54) is 30.4 Å². The van der Waals surface area contributed by atoms with Crippen molar-refractivity contribution in [3.8, 4) is 0 Å². The highest BCUT2D eigenvalue weighted by molar-refractivity contribution is 14.0. The van der Waals surface area contributed by atoms with Crippen molar-refractivity contribution in [3.63, 3.8) is 0 Å². The summed E-state index contributed by atoms with van der Waals surface area (Å²) in [5.74, 6) is 0.499. The number of nitrogens with two attached hydrogens (primary N) is 1. The number of rotatable bonds is 5. The molecule has 0 radical (unpaired) electrons. The van der Waals surface area contributed by atoms with Crippen LogP contribution in [0, 0.1) is 0 Å². The van der Waals surface area contributed by atoms with Gasteiger partial charge < -0.3 is 11.1 Å². The minimum atomic E-state index is 0. The Bertz CT molecular complexity index is 636. The third-order valence-corrected chi connectivity index (χ3v) is 4.05. The van der Waals surface area contributed by atoms with Crippen LogP contribution in [-0.4, -0.2) is 22.3 Å². The average Bonchev–Trinajstić information content (AvgIpc) is 3.05. The molecular formula is C17H24IN5. The van der Waals surface area contributed by atoms with Gasteiger partial charge in [-0.1, -0.05) is 12.1 Å². The van der Waals surface area contributed by atoms with E-state index in [1.54, 1.807) is 6.20 Å². The number of anilines is 1. The summed E-state index contributed by atoms with van der Waals surface area (Å²) < 4.78 is 1.91. The lowest BCUT2D eigenvalue weighted by molar-refractivity contribution is 0.585. The third kappa shape index (κ3) is 4.95. The SMILES string of the molecule is I.NC(=NCCCn1cccn1)Nc1cccc2c1CCCC2. The number of hydrogen-bond acceptors (Lipinski definition) is 2. The number of halogens is 1. The molecule has 0 amide bonds. The van der Waals surface area contributed by atoms with Crippen LogP contribution >= 0.6 is 24.0 Å². The fourth-order valence-corrected chi connectivity index (χ4v) is 2.94. The van der Waals surface area contributed by atoms with E-state index in [0.29, 0.717) is 12.5 Å². The predicted octanol–water partition coefficient (Wildman–Crippen LogP) is 3.20. The van der Waals surface area contributed by atoms with Crippen molar-refractivity contribution in [1.82, 2.24) is 9.78 Å². The molecule has 0 aliphatic heterocycles. The summed E-state index contributed by atoms with van der Waals surface area (Å²) in [6, 6.07) is 8.34. The van der Waals surface area contributed by atoms with Gasteiger partial charge in [0, 0.05) is 31.2 Å². The summed E-state index contributed by atoms with van der Waals surface area (Å²) in [5, 5.41) is 7.44. The smallest absolute Gasteiger partial charge is 0.193 e. The Hall–Kier alpha value is -1.57. The van der Waals surface area contributed by atoms with Gasteiger partial charge in [-0.25, -0.2) is 0 Å². The minimum absolute atomic E-state index is 0. The van der Waals surface area contributed by atoms with Crippen molar-refractivity contribution in [3.05, 3.63) is 47.8 Å². The summed E-state index contributed by atoms with van der Waals surface area (Å²) in [5.41, 5.74) is 9.98. The molecule has 1 aliphatic carbocycles. The van der Waals surface area contributed by atoms with Gasteiger partial charge in [0.15, 0.2) is 5.96 Å². The highest BCUT2D eigenvalue weighted by Gasteiger charge is 2.12. The number of fused-ring (bicyclic) bond motifs is 1. The van der Waals surface area contributed by atoms with Crippen LogP contribution in [0.3, 0.4) is 0 Å². The monoisotopic (exact) mass is 425 g/mol. The molecular weight excluding hydrogens is 401 g/mol. The summed E-state index contributed by atoms with van der Waals surface area (Å²) in [7, 11) is 0. The van der Waals surface area contributed by atoms with Crippen LogP contribution in [0.25, 0.3) is 0 Å². The molecule has 1 aromatic heterocycles. The van der Waals surface area contributed by atoms with Crippen LogP contribution in [0.5, 0.6) is 0 Å². The van der Waals surface area contributed by atoms with Gasteiger partial charge in [-0.2, -0.15) is 5.10 Å². The molecule has 1 aliphatic rings. The van der Waals surface area contributed by atoms with Gasteiger partial charge >= 0.3 is 0 Å². The highest BCUT2D eigenvalue weighted by Crippen LogP contribution is 2.27. The van der Waals surface area contributed by atoms with E-state index in [2.05, 4.69) is 33.6 Å². The molecule has 3 N–H and O–H groups in total. The zero-order chi connectivity index (χ0) is 15.2. The van der Waals surface area contributed by atoms with E-state index in [9.17, 15) is 0 Å². The molecule has 0 saturated heterocycles. The van der Waals surface area contributed by atoms with E-state index in [4.69, 9.17) is 5.73 Å². The van der Waals surface area contributed by atoms with Crippen LogP contribution in [0.4, 0.5) is 5.69 Å². The highest BCUT2D eigenvalue weighted by atomic mass is 127. The Kier molecular flexibility index (Phi) is 6.88. The Morgan fingerprint density at radius 2 is 2.13 bits per heavy atom. The lowest BCUT2D eigenvalue weighted by atomic mass is 9.90. The molecule has 0 atom stereocenters. The maximum absolute atomic E-state index is 6.01. The number of nitrogens with zero attached hydrogens (tertiary/aromatic N) is 3. The normalized spacial score (nSPS) is 14.0. The molecule has 1 heterocycles. The second-order valence-corrected chi connectivity index (χ2v) is 5.67. The summed E-state index contributed by atoms with van der Waals surface area (Å²) in [6.45, 7) is 1.57. The Morgan fingerprint density at radius 1 is 1.26 bits per heavy atom. The van der Waals surface area contributed by atoms with Crippen LogP contribution in [0.1, 0.15) is 30.4 Å². The molecule has 0 saturated carbocycles. The van der Waals surface area contributed by atoms with E-state index in [0.717, 1.165) is 25.1 Å². The van der Waals surface area contributed by atoms with Crippen molar-refractivity contribution >= 4 is 35.6 Å². The average molecular weight is 425 g/mol. The van der Waals surface area contributed by atoms with Crippen molar-refractivity contribution in [2.24, 2.45) is 10.7 Å². The van der Waals surface area contributed by atoms with E-state index in [-0.39, 0.29) is 24.0 Å². The lowest BCUT2D eigenvalue weighted by Crippen LogP contribution is -2.24. The van der Waals surface area contributed by atoms with Crippen LogP contribution in [-0.2, 0) is 19.4 Å². The molecule has 23 heavy (non-hydrogen) atoms. The van der Waals surface area contributed by atoms with Gasteiger partial charge in [0.2, 0.25) is 0 Å². The lowest BCUT2D eigenvalue weighted by Gasteiger charge is -2.19. The standard InChI is InChI=1S/C17H23N5.HI/c18-17(19-10-4-12-22-13-5-11-20-22)21-16-9-3-7-14-6-1-2-8-15(14)16;/h3,5,7,9,11,13H,1-2,4,6,8,10,12H2,(H3,18,19,21);1H. The van der Waals surface area contributed by atoms with E-state index >= 15 is 0 Å². The zero-order valence-corrected chi connectivity index (χ0v) is 15.6. The van der Waals surface area contributed by atoms with Crippen molar-refractivity contribution < 1.29 is 0 Å². The topological polar surface area (TPSA) is 68.2 Å². The van der Waals surface area contributed by atoms with Crippen LogP contribution in [0.15, 0.2) is 41.7 Å². The minimum Gasteiger partial charge on any atom is -0.370 e. The molecule has 5 nitrogen and oxygen atoms in total. The number of nitrogens with one attached hydrogen (secondary N) is 1. The quantitative estimate of drug-likeness (QED) is 0.335. The van der Waals surface area contributed by atoms with Gasteiger partial charge in [-0.3, -0.25) is 9.67 Å². The second kappa shape index (κ2) is 8.90. The molecule has 124 valence electrons. The predicted molar refractivity (Wildman–Crippen MR) is 105 cm³/mol. The first-order valence-corrected chi connectivity index (χ1v) is 7.98. The van der Waals surface area contributed by atoms with Gasteiger partial charge in [-0.05, 0) is 55.4 Å². The third-order valence-electron chi connectivity index (χ3n) is 4.05. The van der Waals surface area contributed by atoms with Crippen molar-refractivity contribution in [1.29, 1.82) is 0 Å². The first-order valence-electron chi connectivity index (χ1n) is 7.98. The summed E-state index contributed by atoms with van der Waals surface area (Å²) >= 11 is 0. The first kappa shape index (κ1) is 17.8. The molecule has 2 aromatic rings. The van der Waals surface area contributed by atoms with Crippen molar-refractivity contribution in [2.75, 3.05) is 11.9 Å². The Balaban J connectivity index is 0.00000192. The summed E-state index contributed by atoms with van der Waals surface area (Å²) in [4.78, 5) is 4.41. The zero-order valence-electron chi connectivity index (χ0n) is 13.2. The number of guanidine groups is 1. The first-order chi connectivity index (χ1) is 10.8. The molecule has 0 spiro atoms. The number of aromatic nitrogens is 2. The second-order valence-electron chi connectivity index (χ2n) is 5.67. The van der Waals surface area contributed by atoms with Crippen LogP contribution in [0.2, 0.25) is 0 Å². The van der Waals surface area contributed by atoms with E-state index in [1.807, 2.05) is 16.9 Å². The maximum Gasteiger partial charge on any atom is 0.193 e. The van der Waals surface area contributed by atoms with Crippen molar-refractivity contribution in [2.45, 2.75) is 38.6 Å². The molecule has 0 fully saturated rings. The summed E-state index contributed by atoms with van der Waals surface area (Å²) in [6.07, 6.45) is 9.52. The molecule has 0 bridgehead atoms. The number of aliphatic imine (C=N–C) groups is 1. The van der Waals surface area contributed by atoms with Gasteiger partial charge in [0.05, 0.1) is 0 Å². The molecule has 6 heteroatoms. The van der Waals surface area contributed by atoms with Gasteiger partial charge in [0.1, 0.15) is 0 Å². The van der Waals surface area contributed by atoms with Gasteiger partial charge in [-0.15, -0.1) is 24.0 Å². The largest absolute Gasteiger partial charge is 0.370 e. The van der Waals surface area contributed by atoms with Gasteiger partial charge in [0.25, 0.3) is 0 Å². The molecule has 1 aromatic carbocycles. The molecule has 0 unspecified atom stereocenters. The number of aryl methyl sites for hydroxylation is 2. The number of benzene rings is 1. The van der Waals surface area contributed by atoms with E-state index < -0.39 is 0 Å². The Morgan fingerprint density at radius 3 is 2.96 bits per heavy atom. The fraction of sp³-hybridized carbons (Fsp3) is 0.412. The van der Waals surface area contributed by atoms with Crippen LogP contribution < -0.4 is 11.1 Å². The fourth-order valence-electron chi connectivity index (χ4n) is 2.94. The number of hydrogen-bond donors (Lipinski definition) is 2. The maximum atomic E-state index is 6.01. The Labute approximate surface area is 154 Å².